The lowest BCUT2D eigenvalue weighted by molar-refractivity contribution is -0.141. The minimum absolute atomic E-state index is 0.00671. The summed E-state index contributed by atoms with van der Waals surface area (Å²) in [5, 5.41) is 0. The monoisotopic (exact) mass is 370 g/mol. The van der Waals surface area contributed by atoms with Crippen molar-refractivity contribution in [2.45, 2.75) is 25.9 Å². The van der Waals surface area contributed by atoms with Crippen LogP contribution < -0.4 is 0 Å². The van der Waals surface area contributed by atoms with Gasteiger partial charge in [0.05, 0.1) is 6.04 Å². The summed E-state index contributed by atoms with van der Waals surface area (Å²) in [5.74, 6) is 0.353. The van der Waals surface area contributed by atoms with E-state index in [2.05, 4.69) is 47.2 Å². The van der Waals surface area contributed by atoms with E-state index in [4.69, 9.17) is 0 Å². The number of benzene rings is 1. The predicted molar refractivity (Wildman–Crippen MR) is 104 cm³/mol. The zero-order chi connectivity index (χ0) is 19.0. The van der Waals surface area contributed by atoms with Crippen LogP contribution in [0.1, 0.15) is 18.9 Å². The van der Waals surface area contributed by atoms with Crippen LogP contribution in [-0.2, 0) is 16.1 Å². The lowest BCUT2D eigenvalue weighted by Crippen LogP contribution is -2.57. The van der Waals surface area contributed by atoms with E-state index in [9.17, 15) is 9.59 Å². The second-order valence-corrected chi connectivity index (χ2v) is 8.60. The molecule has 3 aliphatic heterocycles. The normalized spacial score (nSPS) is 25.6. The van der Waals surface area contributed by atoms with Crippen molar-refractivity contribution in [2.75, 3.05) is 52.9 Å². The molecule has 1 aromatic rings. The maximum absolute atomic E-state index is 13.1. The molecule has 0 aromatic heterocycles. The van der Waals surface area contributed by atoms with Crippen molar-refractivity contribution >= 4 is 11.8 Å². The topological polar surface area (TPSA) is 47.1 Å². The molecule has 4 rings (SSSR count). The molecule has 0 aliphatic carbocycles. The quantitative estimate of drug-likeness (QED) is 0.793. The summed E-state index contributed by atoms with van der Waals surface area (Å²) >= 11 is 0. The molecule has 6 nitrogen and oxygen atoms in total. The zero-order valence-corrected chi connectivity index (χ0v) is 16.4. The highest BCUT2D eigenvalue weighted by molar-refractivity contribution is 5.83. The van der Waals surface area contributed by atoms with Crippen molar-refractivity contribution in [1.82, 2.24) is 19.6 Å². The third-order valence-electron chi connectivity index (χ3n) is 6.43. The zero-order valence-electron chi connectivity index (χ0n) is 16.4. The largest absolute Gasteiger partial charge is 0.339 e. The van der Waals surface area contributed by atoms with E-state index < -0.39 is 0 Å². The number of carbonyl (C=O) groups excluding carboxylic acids is 2. The van der Waals surface area contributed by atoms with Crippen LogP contribution >= 0.6 is 0 Å². The minimum atomic E-state index is -0.00671. The van der Waals surface area contributed by atoms with E-state index in [1.807, 2.05) is 9.80 Å². The van der Waals surface area contributed by atoms with E-state index in [1.165, 1.54) is 5.56 Å². The minimum Gasteiger partial charge on any atom is -0.339 e. The van der Waals surface area contributed by atoms with Crippen molar-refractivity contribution in [2.24, 2.45) is 5.41 Å². The summed E-state index contributed by atoms with van der Waals surface area (Å²) < 4.78 is 0. The van der Waals surface area contributed by atoms with Gasteiger partial charge in [0.15, 0.2) is 0 Å². The number of amides is 2. The molecule has 3 aliphatic rings. The molecule has 3 saturated heterocycles. The summed E-state index contributed by atoms with van der Waals surface area (Å²) in [4.78, 5) is 33.1. The smallest absolute Gasteiger partial charge is 0.240 e. The maximum atomic E-state index is 13.1. The number of piperazine rings is 1. The Morgan fingerprint density at radius 2 is 1.63 bits per heavy atom. The van der Waals surface area contributed by atoms with Crippen molar-refractivity contribution in [1.29, 1.82) is 0 Å². The van der Waals surface area contributed by atoms with Gasteiger partial charge >= 0.3 is 0 Å². The van der Waals surface area contributed by atoms with Gasteiger partial charge in [-0.25, -0.2) is 0 Å². The van der Waals surface area contributed by atoms with Gasteiger partial charge in [-0.15, -0.1) is 0 Å². The molecule has 3 fully saturated rings. The van der Waals surface area contributed by atoms with Crippen LogP contribution in [0.15, 0.2) is 30.3 Å². The van der Waals surface area contributed by atoms with Crippen LogP contribution in [-0.4, -0.2) is 90.3 Å². The van der Waals surface area contributed by atoms with Gasteiger partial charge in [0, 0.05) is 64.7 Å². The predicted octanol–water partition coefficient (Wildman–Crippen LogP) is 0.883. The average Bonchev–Trinajstić information content (AvgIpc) is 2.99. The van der Waals surface area contributed by atoms with Crippen LogP contribution in [0.5, 0.6) is 0 Å². The Balaban J connectivity index is 1.30. The average molecular weight is 370 g/mol. The Labute approximate surface area is 161 Å². The van der Waals surface area contributed by atoms with Crippen molar-refractivity contribution in [3.05, 3.63) is 35.9 Å². The molecule has 6 heteroatoms. The lowest BCUT2D eigenvalue weighted by atomic mass is 9.77. The first-order valence-corrected chi connectivity index (χ1v) is 9.97. The molecule has 2 amide bonds. The molecule has 0 saturated carbocycles. The van der Waals surface area contributed by atoms with E-state index in [0.717, 1.165) is 32.6 Å². The molecular weight excluding hydrogens is 340 g/mol. The molecule has 146 valence electrons. The maximum Gasteiger partial charge on any atom is 0.240 e. The van der Waals surface area contributed by atoms with Gasteiger partial charge in [-0.05, 0) is 19.0 Å². The van der Waals surface area contributed by atoms with Crippen LogP contribution in [0.3, 0.4) is 0 Å². The van der Waals surface area contributed by atoms with Crippen LogP contribution in [0.2, 0.25) is 0 Å². The number of rotatable bonds is 3. The van der Waals surface area contributed by atoms with Gasteiger partial charge in [0.1, 0.15) is 0 Å². The summed E-state index contributed by atoms with van der Waals surface area (Å²) in [7, 11) is 2.09. The van der Waals surface area contributed by atoms with Gasteiger partial charge in [0.2, 0.25) is 11.8 Å². The van der Waals surface area contributed by atoms with E-state index in [-0.39, 0.29) is 23.3 Å². The first-order chi connectivity index (χ1) is 13.0. The van der Waals surface area contributed by atoms with Crippen molar-refractivity contribution < 1.29 is 9.59 Å². The first kappa shape index (κ1) is 18.4. The number of likely N-dealkylation sites (N-methyl/N-ethyl adjacent to an activating group) is 1. The highest BCUT2D eigenvalue weighted by atomic mass is 16.2. The Kier molecular flexibility index (Phi) is 4.95. The summed E-state index contributed by atoms with van der Waals surface area (Å²) in [6, 6.07) is 10.6. The fourth-order valence-electron chi connectivity index (χ4n) is 5.08. The molecule has 0 bridgehead atoms. The number of carbonyl (C=O) groups is 2. The van der Waals surface area contributed by atoms with Crippen molar-refractivity contribution in [3.63, 3.8) is 0 Å². The molecule has 3 heterocycles. The Hall–Kier alpha value is -1.92. The molecule has 1 aromatic carbocycles. The Morgan fingerprint density at radius 3 is 2.26 bits per heavy atom. The number of hydrogen-bond acceptors (Lipinski definition) is 4. The van der Waals surface area contributed by atoms with Gasteiger partial charge in [0.25, 0.3) is 0 Å². The third kappa shape index (κ3) is 3.73. The molecular formula is C21H30N4O2. The fraction of sp³-hybridized carbons (Fsp3) is 0.619. The summed E-state index contributed by atoms with van der Waals surface area (Å²) in [6.07, 6.45) is 0.959. The highest BCUT2D eigenvalue weighted by Crippen LogP contribution is 2.43. The number of nitrogens with zero attached hydrogens (tertiary/aromatic N) is 4. The number of hydrogen-bond donors (Lipinski definition) is 0. The van der Waals surface area contributed by atoms with Crippen LogP contribution in [0.4, 0.5) is 0 Å². The number of likely N-dealkylation sites (tertiary alicyclic amines) is 2. The molecule has 0 N–H and O–H groups in total. The Morgan fingerprint density at radius 1 is 1.00 bits per heavy atom. The van der Waals surface area contributed by atoms with Gasteiger partial charge < -0.3 is 9.80 Å². The first-order valence-electron chi connectivity index (χ1n) is 9.97. The lowest BCUT2D eigenvalue weighted by Gasteiger charge is -2.48. The highest BCUT2D eigenvalue weighted by Gasteiger charge is 2.52. The van der Waals surface area contributed by atoms with E-state index >= 15 is 0 Å². The molecule has 1 atom stereocenters. The molecule has 1 spiro atoms. The van der Waals surface area contributed by atoms with E-state index in [0.29, 0.717) is 26.2 Å². The molecule has 0 radical (unpaired) electrons. The molecule has 27 heavy (non-hydrogen) atoms. The van der Waals surface area contributed by atoms with Gasteiger partial charge in [-0.2, -0.15) is 0 Å². The van der Waals surface area contributed by atoms with E-state index in [1.54, 1.807) is 6.92 Å². The molecule has 0 unspecified atom stereocenters. The summed E-state index contributed by atoms with van der Waals surface area (Å²) in [6.45, 7) is 8.40. The van der Waals surface area contributed by atoms with Gasteiger partial charge in [-0.1, -0.05) is 30.3 Å². The second kappa shape index (κ2) is 7.24. The standard InChI is InChI=1S/C21H30N4O2/c1-17(26)24-8-10-25(11-9-24)20(27)19-12-21(14-22(19)2)15-23(16-21)13-18-6-4-3-5-7-18/h3-7,19H,8-16H2,1-2H3/t19-/m0/s1. The van der Waals surface area contributed by atoms with Crippen LogP contribution in [0.25, 0.3) is 0 Å². The summed E-state index contributed by atoms with van der Waals surface area (Å²) in [5.41, 5.74) is 1.63. The third-order valence-corrected chi connectivity index (χ3v) is 6.43. The fourth-order valence-corrected chi connectivity index (χ4v) is 5.08. The second-order valence-electron chi connectivity index (χ2n) is 8.60. The SMILES string of the molecule is CC(=O)N1CCN(C(=O)[C@@H]2CC3(CN(Cc4ccccc4)C3)CN2C)CC1. The van der Waals surface area contributed by atoms with Gasteiger partial charge in [-0.3, -0.25) is 19.4 Å². The van der Waals surface area contributed by atoms with Crippen molar-refractivity contribution in [3.8, 4) is 0 Å². The van der Waals surface area contributed by atoms with Crippen LogP contribution in [0, 0.1) is 5.41 Å². The Bertz CT molecular complexity index is 693.